The molecule has 1 heterocycles. The van der Waals surface area contributed by atoms with Crippen molar-refractivity contribution in [3.63, 3.8) is 0 Å². The Balaban J connectivity index is 2.35. The zero-order valence-electron chi connectivity index (χ0n) is 13.2. The molecule has 0 saturated heterocycles. The van der Waals surface area contributed by atoms with Gasteiger partial charge in [-0.1, -0.05) is 74.5 Å². The first-order valence-electron chi connectivity index (χ1n) is 7.96. The summed E-state index contributed by atoms with van der Waals surface area (Å²) in [7, 11) is 0. The first-order valence-corrected chi connectivity index (χ1v) is 7.96. The third-order valence-electron chi connectivity index (χ3n) is 4.08. The second kappa shape index (κ2) is 6.57. The van der Waals surface area contributed by atoms with Crippen molar-refractivity contribution in [1.29, 1.82) is 0 Å². The van der Waals surface area contributed by atoms with Crippen LogP contribution in [-0.2, 0) is 12.8 Å². The predicted octanol–water partition coefficient (Wildman–Crippen LogP) is 5.54. The van der Waals surface area contributed by atoms with Crippen molar-refractivity contribution >= 4 is 0 Å². The van der Waals surface area contributed by atoms with Gasteiger partial charge in [0.2, 0.25) is 0 Å². The molecule has 0 aliphatic heterocycles. The van der Waals surface area contributed by atoms with Crippen LogP contribution in [0.3, 0.4) is 0 Å². The van der Waals surface area contributed by atoms with Gasteiger partial charge in [-0.3, -0.25) is 4.98 Å². The fraction of sp³-hybridized carbons (Fsp3) is 0.190. The summed E-state index contributed by atoms with van der Waals surface area (Å²) < 4.78 is 0. The maximum absolute atomic E-state index is 4.73. The van der Waals surface area contributed by atoms with E-state index in [-0.39, 0.29) is 0 Å². The molecule has 1 aromatic heterocycles. The van der Waals surface area contributed by atoms with E-state index in [4.69, 9.17) is 4.98 Å². The minimum absolute atomic E-state index is 0.939. The maximum Gasteiger partial charge on any atom is 0.0485 e. The molecule has 1 heteroatoms. The van der Waals surface area contributed by atoms with Gasteiger partial charge < -0.3 is 0 Å². The fourth-order valence-electron chi connectivity index (χ4n) is 2.98. The van der Waals surface area contributed by atoms with Gasteiger partial charge in [-0.25, -0.2) is 0 Å². The van der Waals surface area contributed by atoms with Gasteiger partial charge in [0.15, 0.2) is 0 Å². The van der Waals surface area contributed by atoms with E-state index in [9.17, 15) is 0 Å². The normalized spacial score (nSPS) is 10.6. The van der Waals surface area contributed by atoms with E-state index in [0.29, 0.717) is 0 Å². The van der Waals surface area contributed by atoms with E-state index in [2.05, 4.69) is 74.5 Å². The zero-order chi connectivity index (χ0) is 15.4. The van der Waals surface area contributed by atoms with E-state index in [1.807, 2.05) is 6.20 Å². The average Bonchev–Trinajstić information content (AvgIpc) is 2.61. The summed E-state index contributed by atoms with van der Waals surface area (Å²) in [5.41, 5.74) is 7.62. The summed E-state index contributed by atoms with van der Waals surface area (Å²) in [6, 6.07) is 21.3. The Labute approximate surface area is 132 Å². The van der Waals surface area contributed by atoms with E-state index in [1.54, 1.807) is 0 Å². The first kappa shape index (κ1) is 14.5. The lowest BCUT2D eigenvalue weighted by molar-refractivity contribution is 1.01. The van der Waals surface area contributed by atoms with Gasteiger partial charge in [-0.15, -0.1) is 0 Å². The molecule has 0 N–H and O–H groups in total. The van der Waals surface area contributed by atoms with Crippen LogP contribution < -0.4 is 0 Å². The Morgan fingerprint density at radius 2 is 1.23 bits per heavy atom. The Bertz CT molecular complexity index is 679. The summed E-state index contributed by atoms with van der Waals surface area (Å²) in [5, 5.41) is 0. The van der Waals surface area contributed by atoms with Crippen molar-refractivity contribution < 1.29 is 0 Å². The molecule has 1 nitrogen and oxygen atoms in total. The molecule has 0 bridgehead atoms. The predicted molar refractivity (Wildman–Crippen MR) is 93.9 cm³/mol. The third-order valence-corrected chi connectivity index (χ3v) is 4.08. The van der Waals surface area contributed by atoms with Gasteiger partial charge in [0.1, 0.15) is 0 Å². The molecule has 0 amide bonds. The number of benzene rings is 2. The van der Waals surface area contributed by atoms with Crippen LogP contribution in [0.25, 0.3) is 22.3 Å². The summed E-state index contributed by atoms with van der Waals surface area (Å²) in [4.78, 5) is 4.73. The monoisotopic (exact) mass is 287 g/mol. The highest BCUT2D eigenvalue weighted by atomic mass is 14.7. The molecule has 3 aromatic rings. The van der Waals surface area contributed by atoms with E-state index in [1.165, 1.54) is 33.5 Å². The van der Waals surface area contributed by atoms with E-state index >= 15 is 0 Å². The van der Waals surface area contributed by atoms with Crippen molar-refractivity contribution in [2.45, 2.75) is 26.7 Å². The Hall–Kier alpha value is -2.41. The van der Waals surface area contributed by atoms with Crippen LogP contribution in [0.2, 0.25) is 0 Å². The van der Waals surface area contributed by atoms with Gasteiger partial charge in [-0.2, -0.15) is 0 Å². The molecule has 0 aliphatic carbocycles. The number of rotatable bonds is 4. The van der Waals surface area contributed by atoms with Crippen LogP contribution in [0.1, 0.15) is 25.1 Å². The molecule has 110 valence electrons. The Morgan fingerprint density at radius 1 is 0.682 bits per heavy atom. The highest BCUT2D eigenvalue weighted by molar-refractivity contribution is 5.87. The molecular formula is C21H21N. The number of aromatic nitrogens is 1. The smallest absolute Gasteiger partial charge is 0.0485 e. The lowest BCUT2D eigenvalue weighted by Gasteiger charge is -2.18. The van der Waals surface area contributed by atoms with Crippen LogP contribution in [0, 0.1) is 0 Å². The lowest BCUT2D eigenvalue weighted by atomic mass is 9.89. The number of aryl methyl sites for hydroxylation is 2. The van der Waals surface area contributed by atoms with Gasteiger partial charge in [-0.05, 0) is 35.1 Å². The van der Waals surface area contributed by atoms with Crippen molar-refractivity contribution in [1.82, 2.24) is 4.98 Å². The molecule has 0 spiro atoms. The van der Waals surface area contributed by atoms with E-state index < -0.39 is 0 Å². The molecule has 0 aliphatic rings. The summed E-state index contributed by atoms with van der Waals surface area (Å²) in [6.07, 6.45) is 3.97. The summed E-state index contributed by atoms with van der Waals surface area (Å²) >= 11 is 0. The van der Waals surface area contributed by atoms with Crippen LogP contribution in [-0.4, -0.2) is 4.98 Å². The minimum atomic E-state index is 0.939. The van der Waals surface area contributed by atoms with Gasteiger partial charge in [0.25, 0.3) is 0 Å². The first-order chi connectivity index (χ1) is 10.8. The lowest BCUT2D eigenvalue weighted by Crippen LogP contribution is -2.00. The molecule has 0 fully saturated rings. The molecule has 0 radical (unpaired) electrons. The van der Waals surface area contributed by atoms with Crippen molar-refractivity contribution in [3.8, 4) is 22.3 Å². The van der Waals surface area contributed by atoms with Crippen LogP contribution in [0.4, 0.5) is 0 Å². The number of hydrogen-bond donors (Lipinski definition) is 0. The number of pyridine rings is 1. The molecule has 0 atom stereocenters. The van der Waals surface area contributed by atoms with Crippen LogP contribution in [0.5, 0.6) is 0 Å². The van der Waals surface area contributed by atoms with Gasteiger partial charge >= 0.3 is 0 Å². The molecular weight excluding hydrogens is 266 g/mol. The Morgan fingerprint density at radius 3 is 1.73 bits per heavy atom. The van der Waals surface area contributed by atoms with Gasteiger partial charge in [0, 0.05) is 17.5 Å². The third kappa shape index (κ3) is 2.67. The molecule has 0 unspecified atom stereocenters. The SMILES string of the molecule is CCc1cnc(CC)c(-c2ccccc2)c1-c1ccccc1. The average molecular weight is 287 g/mol. The number of hydrogen-bond acceptors (Lipinski definition) is 1. The number of nitrogens with zero attached hydrogens (tertiary/aromatic N) is 1. The standard InChI is InChI=1S/C21H21N/c1-3-16-15-22-19(4-2)21(18-13-9-6-10-14-18)20(16)17-11-7-5-8-12-17/h5-15H,3-4H2,1-2H3. The maximum atomic E-state index is 4.73. The van der Waals surface area contributed by atoms with Crippen LogP contribution >= 0.6 is 0 Å². The molecule has 2 aromatic carbocycles. The topological polar surface area (TPSA) is 12.9 Å². The Kier molecular flexibility index (Phi) is 4.34. The minimum Gasteiger partial charge on any atom is -0.260 e. The molecule has 0 saturated carbocycles. The fourth-order valence-corrected chi connectivity index (χ4v) is 2.98. The van der Waals surface area contributed by atoms with Gasteiger partial charge in [0.05, 0.1) is 0 Å². The van der Waals surface area contributed by atoms with Crippen LogP contribution in [0.15, 0.2) is 66.9 Å². The molecule has 22 heavy (non-hydrogen) atoms. The highest BCUT2D eigenvalue weighted by Crippen LogP contribution is 2.37. The highest BCUT2D eigenvalue weighted by Gasteiger charge is 2.16. The second-order valence-electron chi connectivity index (χ2n) is 5.42. The van der Waals surface area contributed by atoms with Crippen molar-refractivity contribution in [3.05, 3.63) is 78.1 Å². The molecule has 3 rings (SSSR count). The largest absolute Gasteiger partial charge is 0.260 e. The quantitative estimate of drug-likeness (QED) is 0.614. The second-order valence-corrected chi connectivity index (χ2v) is 5.42. The van der Waals surface area contributed by atoms with Crippen molar-refractivity contribution in [2.75, 3.05) is 0 Å². The summed E-state index contributed by atoms with van der Waals surface area (Å²) in [6.45, 7) is 4.37. The summed E-state index contributed by atoms with van der Waals surface area (Å²) in [5.74, 6) is 0. The van der Waals surface area contributed by atoms with E-state index in [0.717, 1.165) is 12.8 Å². The van der Waals surface area contributed by atoms with Crippen molar-refractivity contribution in [2.24, 2.45) is 0 Å². The zero-order valence-corrected chi connectivity index (χ0v) is 13.2.